The van der Waals surface area contributed by atoms with E-state index in [1.54, 1.807) is 6.07 Å². The molecular weight excluding hydrogens is 242 g/mol. The van der Waals surface area contributed by atoms with Crippen molar-refractivity contribution in [1.82, 2.24) is 4.98 Å². The van der Waals surface area contributed by atoms with Gasteiger partial charge in [-0.25, -0.2) is 9.78 Å². The van der Waals surface area contributed by atoms with Gasteiger partial charge in [-0.2, -0.15) is 0 Å². The molecule has 1 aromatic carbocycles. The van der Waals surface area contributed by atoms with Crippen molar-refractivity contribution in [2.24, 2.45) is 5.92 Å². The van der Waals surface area contributed by atoms with Crippen LogP contribution in [0.2, 0.25) is 0 Å². The molecule has 0 bridgehead atoms. The zero-order valence-electron chi connectivity index (χ0n) is 11.1. The van der Waals surface area contributed by atoms with Crippen molar-refractivity contribution in [3.05, 3.63) is 35.9 Å². The fraction of sp³-hybridized carbons (Fsp3) is 0.333. The largest absolute Gasteiger partial charge is 0.477 e. The Hall–Kier alpha value is -2.10. The number of nitrogens with zero attached hydrogens (tertiary/aromatic N) is 1. The Morgan fingerprint density at radius 3 is 2.79 bits per heavy atom. The summed E-state index contributed by atoms with van der Waals surface area (Å²) in [4.78, 5) is 15.5. The van der Waals surface area contributed by atoms with Gasteiger partial charge < -0.3 is 9.84 Å². The molecule has 0 atom stereocenters. The second-order valence-electron chi connectivity index (χ2n) is 4.87. The maximum Gasteiger partial charge on any atom is 0.341 e. The molecule has 19 heavy (non-hydrogen) atoms. The fourth-order valence-electron chi connectivity index (χ4n) is 1.75. The molecule has 0 spiro atoms. The molecular formula is C15H17NO3. The summed E-state index contributed by atoms with van der Waals surface area (Å²) in [7, 11) is 0. The van der Waals surface area contributed by atoms with Crippen molar-refractivity contribution in [1.29, 1.82) is 0 Å². The smallest absolute Gasteiger partial charge is 0.341 e. The van der Waals surface area contributed by atoms with E-state index in [2.05, 4.69) is 18.8 Å². The van der Waals surface area contributed by atoms with Gasteiger partial charge in [0.05, 0.1) is 12.1 Å². The average Bonchev–Trinajstić information content (AvgIpc) is 2.37. The summed E-state index contributed by atoms with van der Waals surface area (Å²) in [5.41, 5.74) is 0.856. The van der Waals surface area contributed by atoms with Crippen LogP contribution < -0.4 is 4.74 Å². The lowest BCUT2D eigenvalue weighted by atomic mass is 10.1. The van der Waals surface area contributed by atoms with Crippen molar-refractivity contribution in [2.75, 3.05) is 6.61 Å². The first-order valence-electron chi connectivity index (χ1n) is 6.34. The van der Waals surface area contributed by atoms with E-state index in [0.717, 1.165) is 17.3 Å². The maximum atomic E-state index is 11.2. The molecule has 0 amide bonds. The monoisotopic (exact) mass is 259 g/mol. The molecule has 100 valence electrons. The number of para-hydroxylation sites is 1. The molecule has 0 saturated heterocycles. The zero-order chi connectivity index (χ0) is 13.8. The van der Waals surface area contributed by atoms with E-state index >= 15 is 0 Å². The summed E-state index contributed by atoms with van der Waals surface area (Å²) in [6, 6.07) is 9.01. The van der Waals surface area contributed by atoms with Gasteiger partial charge in [-0.3, -0.25) is 0 Å². The number of carbonyl (C=O) groups is 1. The van der Waals surface area contributed by atoms with E-state index < -0.39 is 5.97 Å². The van der Waals surface area contributed by atoms with Crippen LogP contribution in [0.1, 0.15) is 30.6 Å². The Balaban J connectivity index is 2.33. The van der Waals surface area contributed by atoms with Crippen molar-refractivity contribution >= 4 is 16.9 Å². The number of benzene rings is 1. The van der Waals surface area contributed by atoms with Gasteiger partial charge in [-0.05, 0) is 24.5 Å². The predicted octanol–water partition coefficient (Wildman–Crippen LogP) is 3.36. The lowest BCUT2D eigenvalue weighted by Gasteiger charge is -2.10. The number of ether oxygens (including phenoxy) is 1. The van der Waals surface area contributed by atoms with Crippen molar-refractivity contribution in [3.63, 3.8) is 0 Å². The summed E-state index contributed by atoms with van der Waals surface area (Å²) in [5, 5.41) is 10.0. The summed E-state index contributed by atoms with van der Waals surface area (Å²) in [6.45, 7) is 4.66. The van der Waals surface area contributed by atoms with Gasteiger partial charge in [0, 0.05) is 5.39 Å². The highest BCUT2D eigenvalue weighted by molar-refractivity contribution is 5.95. The zero-order valence-corrected chi connectivity index (χ0v) is 11.1. The standard InChI is InChI=1S/C15H17NO3/c1-10(2)7-8-19-14-12(15(17)18)9-11-5-3-4-6-13(11)16-14/h3-6,9-10H,7-8H2,1-2H3,(H,17,18). The van der Waals surface area contributed by atoms with Crippen LogP contribution >= 0.6 is 0 Å². The number of carboxylic acids is 1. The van der Waals surface area contributed by atoms with Gasteiger partial charge in [-0.1, -0.05) is 32.0 Å². The van der Waals surface area contributed by atoms with Crippen LogP contribution in [0, 0.1) is 5.92 Å². The van der Waals surface area contributed by atoms with Crippen LogP contribution in [0.3, 0.4) is 0 Å². The number of pyridine rings is 1. The lowest BCUT2D eigenvalue weighted by Crippen LogP contribution is -2.08. The average molecular weight is 259 g/mol. The summed E-state index contributed by atoms with van der Waals surface area (Å²) >= 11 is 0. The normalized spacial score (nSPS) is 10.9. The third-order valence-corrected chi connectivity index (χ3v) is 2.85. The van der Waals surface area contributed by atoms with Gasteiger partial charge in [0.2, 0.25) is 5.88 Å². The van der Waals surface area contributed by atoms with Crippen LogP contribution in [-0.4, -0.2) is 22.7 Å². The van der Waals surface area contributed by atoms with Crippen molar-refractivity contribution in [2.45, 2.75) is 20.3 Å². The number of carboxylic acid groups (broad SMARTS) is 1. The number of hydrogen-bond donors (Lipinski definition) is 1. The number of hydrogen-bond acceptors (Lipinski definition) is 3. The number of aromatic nitrogens is 1. The molecule has 0 aliphatic carbocycles. The first-order chi connectivity index (χ1) is 9.08. The molecule has 1 N–H and O–H groups in total. The van der Waals surface area contributed by atoms with E-state index in [-0.39, 0.29) is 11.4 Å². The molecule has 0 saturated carbocycles. The van der Waals surface area contributed by atoms with Crippen LogP contribution in [0.15, 0.2) is 30.3 Å². The second kappa shape index (κ2) is 5.69. The molecule has 0 aliphatic heterocycles. The molecule has 4 heteroatoms. The number of rotatable bonds is 5. The minimum atomic E-state index is -1.02. The molecule has 0 unspecified atom stereocenters. The van der Waals surface area contributed by atoms with Crippen LogP contribution in [0.25, 0.3) is 10.9 Å². The Kier molecular flexibility index (Phi) is 4.00. The van der Waals surface area contributed by atoms with E-state index in [4.69, 9.17) is 4.74 Å². The lowest BCUT2D eigenvalue weighted by molar-refractivity contribution is 0.0691. The highest BCUT2D eigenvalue weighted by atomic mass is 16.5. The molecule has 4 nitrogen and oxygen atoms in total. The van der Waals surface area contributed by atoms with Gasteiger partial charge in [0.25, 0.3) is 0 Å². The highest BCUT2D eigenvalue weighted by Crippen LogP contribution is 2.22. The van der Waals surface area contributed by atoms with Crippen LogP contribution in [0.4, 0.5) is 0 Å². The van der Waals surface area contributed by atoms with E-state index in [1.807, 2.05) is 24.3 Å². The van der Waals surface area contributed by atoms with Gasteiger partial charge >= 0.3 is 5.97 Å². The summed E-state index contributed by atoms with van der Waals surface area (Å²) in [5.74, 6) is -0.307. The third-order valence-electron chi connectivity index (χ3n) is 2.85. The van der Waals surface area contributed by atoms with Crippen molar-refractivity contribution in [3.8, 4) is 5.88 Å². The Morgan fingerprint density at radius 2 is 2.11 bits per heavy atom. The Bertz CT molecular complexity index is 593. The molecule has 0 aliphatic rings. The quantitative estimate of drug-likeness (QED) is 0.894. The van der Waals surface area contributed by atoms with Gasteiger partial charge in [0.15, 0.2) is 0 Å². The molecule has 2 rings (SSSR count). The first-order valence-corrected chi connectivity index (χ1v) is 6.34. The summed E-state index contributed by atoms with van der Waals surface area (Å²) < 4.78 is 5.53. The number of fused-ring (bicyclic) bond motifs is 1. The Morgan fingerprint density at radius 1 is 1.37 bits per heavy atom. The highest BCUT2D eigenvalue weighted by Gasteiger charge is 2.14. The molecule has 2 aromatic rings. The topological polar surface area (TPSA) is 59.4 Å². The fourth-order valence-corrected chi connectivity index (χ4v) is 1.75. The van der Waals surface area contributed by atoms with Crippen LogP contribution in [-0.2, 0) is 0 Å². The Labute approximate surface area is 112 Å². The first kappa shape index (κ1) is 13.3. The predicted molar refractivity (Wildman–Crippen MR) is 73.7 cm³/mol. The third kappa shape index (κ3) is 3.22. The van der Waals surface area contributed by atoms with E-state index in [9.17, 15) is 9.90 Å². The minimum absolute atomic E-state index is 0.113. The SMILES string of the molecule is CC(C)CCOc1nc2ccccc2cc1C(=O)O. The second-order valence-corrected chi connectivity index (χ2v) is 4.87. The molecule has 0 radical (unpaired) electrons. The molecule has 1 aromatic heterocycles. The van der Waals surface area contributed by atoms with E-state index in [0.29, 0.717) is 12.5 Å². The van der Waals surface area contributed by atoms with E-state index in [1.165, 1.54) is 0 Å². The summed E-state index contributed by atoms with van der Waals surface area (Å²) in [6.07, 6.45) is 0.869. The van der Waals surface area contributed by atoms with Gasteiger partial charge in [0.1, 0.15) is 5.56 Å². The minimum Gasteiger partial charge on any atom is -0.477 e. The van der Waals surface area contributed by atoms with Crippen molar-refractivity contribution < 1.29 is 14.6 Å². The molecule has 0 fully saturated rings. The molecule has 1 heterocycles. The number of aromatic carboxylic acids is 1. The van der Waals surface area contributed by atoms with Gasteiger partial charge in [-0.15, -0.1) is 0 Å². The van der Waals surface area contributed by atoms with Crippen LogP contribution in [0.5, 0.6) is 5.88 Å². The maximum absolute atomic E-state index is 11.2.